The number of nitrogens with one attached hydrogen (secondary N) is 1. The van der Waals surface area contributed by atoms with Crippen LogP contribution in [0.2, 0.25) is 0 Å². The van der Waals surface area contributed by atoms with Crippen molar-refractivity contribution in [3.63, 3.8) is 0 Å². The lowest BCUT2D eigenvalue weighted by Crippen LogP contribution is -2.34. The molecular weight excluding hydrogens is 242 g/mol. The molecule has 0 bridgehead atoms. The number of hydrogen-bond acceptors (Lipinski definition) is 3. The predicted octanol–water partition coefficient (Wildman–Crippen LogP) is 1.83. The maximum atomic E-state index is 11.4. The smallest absolute Gasteiger partial charge is 0.396 e. The molecule has 0 spiro atoms. The number of carbonyl (C=O) groups is 2. The van der Waals surface area contributed by atoms with Crippen LogP contribution < -0.4 is 5.32 Å². The Balaban J connectivity index is 2.54. The molecule has 1 N–H and O–H groups in total. The van der Waals surface area contributed by atoms with Gasteiger partial charge in [-0.25, -0.2) is 4.79 Å². The van der Waals surface area contributed by atoms with Crippen molar-refractivity contribution >= 4 is 11.9 Å². The van der Waals surface area contributed by atoms with E-state index < -0.39 is 11.9 Å². The topological polar surface area (TPSA) is 55.4 Å². The molecule has 0 aliphatic heterocycles. The number of amides is 1. The number of ether oxygens (including phenoxy) is 1. The highest BCUT2D eigenvalue weighted by Gasteiger charge is 2.13. The van der Waals surface area contributed by atoms with Gasteiger partial charge in [-0.2, -0.15) is 0 Å². The molecule has 1 aromatic rings. The van der Waals surface area contributed by atoms with Gasteiger partial charge >= 0.3 is 11.9 Å². The second-order valence-corrected chi connectivity index (χ2v) is 4.60. The number of benzene rings is 1. The van der Waals surface area contributed by atoms with Gasteiger partial charge in [0.05, 0.1) is 6.61 Å². The highest BCUT2D eigenvalue weighted by atomic mass is 16.5. The van der Waals surface area contributed by atoms with E-state index in [2.05, 4.69) is 43.0 Å². The number of carbonyl (C=O) groups excluding carboxylic acids is 2. The van der Waals surface area contributed by atoms with Gasteiger partial charge in [0.15, 0.2) is 0 Å². The first kappa shape index (κ1) is 15.2. The standard InChI is InChI=1S/C15H21NO3/c1-5-19-15(18)14(17)16-7-6-13-11(3)8-10(2)9-12(13)4/h8-9H,5-7H2,1-4H3,(H,16,17). The summed E-state index contributed by atoms with van der Waals surface area (Å²) in [5.74, 6) is -1.50. The Bertz CT molecular complexity index is 457. The molecule has 0 atom stereocenters. The zero-order chi connectivity index (χ0) is 14.4. The van der Waals surface area contributed by atoms with Crippen LogP contribution in [-0.2, 0) is 20.7 Å². The Hall–Kier alpha value is -1.84. The third-order valence-electron chi connectivity index (χ3n) is 2.96. The minimum atomic E-state index is -0.820. The van der Waals surface area contributed by atoms with Crippen LogP contribution in [0.25, 0.3) is 0 Å². The van der Waals surface area contributed by atoms with E-state index in [0.29, 0.717) is 13.0 Å². The molecule has 4 heteroatoms. The summed E-state index contributed by atoms with van der Waals surface area (Å²) in [6, 6.07) is 4.24. The Labute approximate surface area is 114 Å². The van der Waals surface area contributed by atoms with E-state index in [1.54, 1.807) is 6.92 Å². The van der Waals surface area contributed by atoms with Crippen LogP contribution in [0.5, 0.6) is 0 Å². The van der Waals surface area contributed by atoms with Crippen molar-refractivity contribution in [1.82, 2.24) is 5.32 Å². The van der Waals surface area contributed by atoms with E-state index in [9.17, 15) is 9.59 Å². The van der Waals surface area contributed by atoms with Gasteiger partial charge in [0.2, 0.25) is 0 Å². The Morgan fingerprint density at radius 2 is 1.74 bits per heavy atom. The first-order chi connectivity index (χ1) is 8.95. The summed E-state index contributed by atoms with van der Waals surface area (Å²) < 4.78 is 4.62. The lowest BCUT2D eigenvalue weighted by atomic mass is 9.97. The second kappa shape index (κ2) is 6.92. The van der Waals surface area contributed by atoms with Crippen LogP contribution in [0.1, 0.15) is 29.2 Å². The van der Waals surface area contributed by atoms with E-state index in [0.717, 1.165) is 0 Å². The van der Waals surface area contributed by atoms with E-state index in [1.165, 1.54) is 22.3 Å². The summed E-state index contributed by atoms with van der Waals surface area (Å²) in [5, 5.41) is 2.57. The summed E-state index contributed by atoms with van der Waals surface area (Å²) in [6.45, 7) is 8.49. The summed E-state index contributed by atoms with van der Waals surface area (Å²) >= 11 is 0. The van der Waals surface area contributed by atoms with E-state index >= 15 is 0 Å². The van der Waals surface area contributed by atoms with Gasteiger partial charge in [-0.15, -0.1) is 0 Å². The summed E-state index contributed by atoms with van der Waals surface area (Å²) in [6.07, 6.45) is 0.711. The third-order valence-corrected chi connectivity index (χ3v) is 2.96. The third kappa shape index (κ3) is 4.39. The molecule has 0 fully saturated rings. The molecule has 104 valence electrons. The van der Waals surface area contributed by atoms with Crippen molar-refractivity contribution in [2.75, 3.05) is 13.2 Å². The lowest BCUT2D eigenvalue weighted by Gasteiger charge is -2.11. The zero-order valence-electron chi connectivity index (χ0n) is 12.0. The van der Waals surface area contributed by atoms with Crippen molar-refractivity contribution in [3.05, 3.63) is 34.4 Å². The van der Waals surface area contributed by atoms with Crippen LogP contribution in [0.3, 0.4) is 0 Å². The van der Waals surface area contributed by atoms with Gasteiger partial charge in [-0.1, -0.05) is 17.7 Å². The molecule has 1 amide bonds. The summed E-state index contributed by atoms with van der Waals surface area (Å²) in [4.78, 5) is 22.5. The molecule has 4 nitrogen and oxygen atoms in total. The maximum absolute atomic E-state index is 11.4. The quantitative estimate of drug-likeness (QED) is 0.666. The van der Waals surface area contributed by atoms with E-state index in [1.807, 2.05) is 0 Å². The fraction of sp³-hybridized carbons (Fsp3) is 0.467. The molecule has 0 aliphatic carbocycles. The molecule has 0 unspecified atom stereocenters. The van der Waals surface area contributed by atoms with Crippen molar-refractivity contribution in [3.8, 4) is 0 Å². The molecule has 19 heavy (non-hydrogen) atoms. The monoisotopic (exact) mass is 263 g/mol. The van der Waals surface area contributed by atoms with Crippen molar-refractivity contribution in [2.45, 2.75) is 34.1 Å². The molecule has 0 heterocycles. The van der Waals surface area contributed by atoms with E-state index in [-0.39, 0.29) is 6.61 Å². The highest BCUT2D eigenvalue weighted by molar-refractivity contribution is 6.32. The minimum Gasteiger partial charge on any atom is -0.459 e. The number of aryl methyl sites for hydroxylation is 3. The van der Waals surface area contributed by atoms with Crippen molar-refractivity contribution in [1.29, 1.82) is 0 Å². The van der Waals surface area contributed by atoms with Crippen molar-refractivity contribution < 1.29 is 14.3 Å². The van der Waals surface area contributed by atoms with Crippen LogP contribution in [0.4, 0.5) is 0 Å². The largest absolute Gasteiger partial charge is 0.459 e. The van der Waals surface area contributed by atoms with Crippen LogP contribution >= 0.6 is 0 Å². The van der Waals surface area contributed by atoms with Crippen molar-refractivity contribution in [2.24, 2.45) is 0 Å². The highest BCUT2D eigenvalue weighted by Crippen LogP contribution is 2.16. The van der Waals surface area contributed by atoms with Crippen LogP contribution in [-0.4, -0.2) is 25.0 Å². The fourth-order valence-corrected chi connectivity index (χ4v) is 2.17. The fourth-order valence-electron chi connectivity index (χ4n) is 2.17. The normalized spacial score (nSPS) is 10.1. The lowest BCUT2D eigenvalue weighted by molar-refractivity contribution is -0.154. The molecule has 0 aromatic heterocycles. The second-order valence-electron chi connectivity index (χ2n) is 4.60. The minimum absolute atomic E-state index is 0.211. The summed E-state index contributed by atoms with van der Waals surface area (Å²) in [5.41, 5.74) is 4.87. The first-order valence-corrected chi connectivity index (χ1v) is 6.47. The predicted molar refractivity (Wildman–Crippen MR) is 74.0 cm³/mol. The van der Waals surface area contributed by atoms with E-state index in [4.69, 9.17) is 0 Å². The van der Waals surface area contributed by atoms with Gasteiger partial charge in [0.25, 0.3) is 0 Å². The summed E-state index contributed by atoms with van der Waals surface area (Å²) in [7, 11) is 0. The number of hydrogen-bond donors (Lipinski definition) is 1. The van der Waals surface area contributed by atoms with Crippen LogP contribution in [0.15, 0.2) is 12.1 Å². The number of esters is 1. The Kier molecular flexibility index (Phi) is 5.55. The SMILES string of the molecule is CCOC(=O)C(=O)NCCc1c(C)cc(C)cc1C. The molecular formula is C15H21NO3. The average molecular weight is 263 g/mol. The van der Waals surface area contributed by atoms with Gasteiger partial charge in [-0.3, -0.25) is 4.79 Å². The maximum Gasteiger partial charge on any atom is 0.396 e. The molecule has 1 rings (SSSR count). The average Bonchev–Trinajstić information content (AvgIpc) is 2.32. The van der Waals surface area contributed by atoms with Crippen LogP contribution in [0, 0.1) is 20.8 Å². The Morgan fingerprint density at radius 1 is 1.16 bits per heavy atom. The van der Waals surface area contributed by atoms with Gasteiger partial charge in [0, 0.05) is 6.54 Å². The Morgan fingerprint density at radius 3 is 2.26 bits per heavy atom. The first-order valence-electron chi connectivity index (χ1n) is 6.47. The molecule has 0 aliphatic rings. The number of rotatable bonds is 4. The molecule has 0 radical (unpaired) electrons. The molecule has 1 aromatic carbocycles. The molecule has 0 saturated heterocycles. The zero-order valence-corrected chi connectivity index (χ0v) is 12.0. The van der Waals surface area contributed by atoms with Gasteiger partial charge < -0.3 is 10.1 Å². The van der Waals surface area contributed by atoms with Gasteiger partial charge in [0.1, 0.15) is 0 Å². The molecule has 0 saturated carbocycles. The van der Waals surface area contributed by atoms with Gasteiger partial charge in [-0.05, 0) is 50.8 Å².